The van der Waals surface area contributed by atoms with Crippen LogP contribution < -0.4 is 9.47 Å². The molecule has 136 valence electrons. The number of carbonyl (C=O) groups excluding carboxylic acids is 1. The fourth-order valence-corrected chi connectivity index (χ4v) is 1.49. The molecule has 0 aliphatic rings. The Hall–Kier alpha value is -1.96. The number of ether oxygens (including phenoxy) is 3. The first-order valence-electron chi connectivity index (χ1n) is 7.37. The normalized spacial score (nSPS) is 13.3. The number of halogens is 3. The second-order valence-corrected chi connectivity index (χ2v) is 5.82. The van der Waals surface area contributed by atoms with E-state index in [-0.39, 0.29) is 24.7 Å². The maximum Gasteiger partial charge on any atom is 0.573 e. The zero-order chi connectivity index (χ0) is 18.4. The van der Waals surface area contributed by atoms with Crippen molar-refractivity contribution in [2.45, 2.75) is 39.7 Å². The number of carbonyl (C=O) groups is 1. The second kappa shape index (κ2) is 8.23. The third-order valence-corrected chi connectivity index (χ3v) is 3.34. The van der Waals surface area contributed by atoms with E-state index in [2.05, 4.69) is 4.74 Å². The van der Waals surface area contributed by atoms with Crippen molar-refractivity contribution in [3.8, 4) is 11.5 Å². The average molecular weight is 350 g/mol. The van der Waals surface area contributed by atoms with Crippen LogP contribution in [0, 0.1) is 5.41 Å². The predicted octanol–water partition coefficient (Wildman–Crippen LogP) is 3.30. The minimum atomic E-state index is -4.76. The van der Waals surface area contributed by atoms with E-state index in [0.717, 1.165) is 12.1 Å². The molecule has 0 aromatic heterocycles. The fraction of sp³-hybridized carbons (Fsp3) is 0.562. The number of alkyl halides is 3. The first-order valence-corrected chi connectivity index (χ1v) is 7.37. The fourth-order valence-electron chi connectivity index (χ4n) is 1.49. The molecule has 1 rings (SSSR count). The lowest BCUT2D eigenvalue weighted by Crippen LogP contribution is -2.31. The summed E-state index contributed by atoms with van der Waals surface area (Å²) in [7, 11) is 0. The van der Waals surface area contributed by atoms with Crippen molar-refractivity contribution in [3.63, 3.8) is 0 Å². The van der Waals surface area contributed by atoms with Crippen molar-refractivity contribution in [3.05, 3.63) is 24.3 Å². The highest BCUT2D eigenvalue weighted by Crippen LogP contribution is 2.25. The number of aliphatic hydroxyl groups excluding tert-OH is 1. The zero-order valence-corrected chi connectivity index (χ0v) is 13.7. The summed E-state index contributed by atoms with van der Waals surface area (Å²) in [5.41, 5.74) is -0.630. The highest BCUT2D eigenvalue weighted by molar-refractivity contribution is 5.75. The molecule has 0 heterocycles. The van der Waals surface area contributed by atoms with Gasteiger partial charge in [0.25, 0.3) is 0 Å². The molecule has 24 heavy (non-hydrogen) atoms. The second-order valence-electron chi connectivity index (χ2n) is 5.82. The third kappa shape index (κ3) is 7.08. The average Bonchev–Trinajstić information content (AvgIpc) is 2.50. The van der Waals surface area contributed by atoms with E-state index in [1.54, 1.807) is 13.8 Å². The Kier molecular flexibility index (Phi) is 6.89. The van der Waals surface area contributed by atoms with Crippen LogP contribution in [0.2, 0.25) is 0 Å². The number of aliphatic hydroxyl groups is 1. The van der Waals surface area contributed by atoms with E-state index in [1.807, 2.05) is 6.92 Å². The quantitative estimate of drug-likeness (QED) is 0.729. The molecule has 1 aromatic carbocycles. The largest absolute Gasteiger partial charge is 0.573 e. The van der Waals surface area contributed by atoms with E-state index >= 15 is 0 Å². The van der Waals surface area contributed by atoms with E-state index in [4.69, 9.17) is 9.47 Å². The van der Waals surface area contributed by atoms with Gasteiger partial charge in [0.15, 0.2) is 0 Å². The maximum absolute atomic E-state index is 12.0. The predicted molar refractivity (Wildman–Crippen MR) is 79.7 cm³/mol. The van der Waals surface area contributed by atoms with Crippen LogP contribution in [-0.4, -0.2) is 36.8 Å². The number of hydrogen-bond acceptors (Lipinski definition) is 5. The van der Waals surface area contributed by atoms with Gasteiger partial charge in [-0.25, -0.2) is 0 Å². The lowest BCUT2D eigenvalue weighted by Gasteiger charge is -2.21. The lowest BCUT2D eigenvalue weighted by molar-refractivity contribution is -0.274. The summed E-state index contributed by atoms with van der Waals surface area (Å²) in [6, 6.07) is 4.75. The number of esters is 1. The summed E-state index contributed by atoms with van der Waals surface area (Å²) < 4.78 is 50.0. The molecule has 8 heteroatoms. The van der Waals surface area contributed by atoms with Crippen LogP contribution in [0.25, 0.3) is 0 Å². The maximum atomic E-state index is 12.0. The molecule has 0 saturated heterocycles. The summed E-state index contributed by atoms with van der Waals surface area (Å²) >= 11 is 0. The first-order chi connectivity index (χ1) is 11.0. The summed E-state index contributed by atoms with van der Waals surface area (Å²) in [5.74, 6) is -0.535. The van der Waals surface area contributed by atoms with Gasteiger partial charge in [-0.3, -0.25) is 4.79 Å². The Labute approximate surface area is 138 Å². The molecule has 5 nitrogen and oxygen atoms in total. The SMILES string of the molecule is CCC(C)(C)C(=O)OCC(O)COc1ccc(OC(F)(F)F)cc1. The zero-order valence-electron chi connectivity index (χ0n) is 13.7. The smallest absolute Gasteiger partial charge is 0.491 e. The van der Waals surface area contributed by atoms with Gasteiger partial charge in [0.1, 0.15) is 30.8 Å². The van der Waals surface area contributed by atoms with Crippen molar-refractivity contribution < 1.29 is 37.3 Å². The van der Waals surface area contributed by atoms with Crippen molar-refractivity contribution in [1.29, 1.82) is 0 Å². The van der Waals surface area contributed by atoms with E-state index in [0.29, 0.717) is 6.42 Å². The molecule has 0 radical (unpaired) electrons. The number of hydrogen-bond donors (Lipinski definition) is 1. The van der Waals surface area contributed by atoms with Crippen LogP contribution in [0.4, 0.5) is 13.2 Å². The molecule has 0 saturated carbocycles. The Morgan fingerprint density at radius 1 is 1.12 bits per heavy atom. The van der Waals surface area contributed by atoms with Crippen LogP contribution >= 0.6 is 0 Å². The monoisotopic (exact) mass is 350 g/mol. The molecule has 1 unspecified atom stereocenters. The highest BCUT2D eigenvalue weighted by Gasteiger charge is 2.31. The van der Waals surface area contributed by atoms with Crippen molar-refractivity contribution in [1.82, 2.24) is 0 Å². The van der Waals surface area contributed by atoms with Gasteiger partial charge in [0, 0.05) is 0 Å². The molecular weight excluding hydrogens is 329 g/mol. The minimum absolute atomic E-state index is 0.167. The van der Waals surface area contributed by atoms with Gasteiger partial charge in [0.05, 0.1) is 5.41 Å². The van der Waals surface area contributed by atoms with Gasteiger partial charge < -0.3 is 19.3 Å². The molecule has 0 amide bonds. The standard InChI is InChI=1S/C16H21F3O5/c1-4-15(2,3)14(21)23-10-11(20)9-22-12-5-7-13(8-6-12)24-16(17,18)19/h5-8,11,20H,4,9-10H2,1-3H3. The molecule has 1 N–H and O–H groups in total. The minimum Gasteiger partial charge on any atom is -0.491 e. The van der Waals surface area contributed by atoms with Crippen LogP contribution in [0.3, 0.4) is 0 Å². The lowest BCUT2D eigenvalue weighted by atomic mass is 9.91. The molecule has 0 aliphatic carbocycles. The number of rotatable bonds is 8. The summed E-state index contributed by atoms with van der Waals surface area (Å²) in [5, 5.41) is 9.73. The molecule has 0 fully saturated rings. The Morgan fingerprint density at radius 3 is 2.17 bits per heavy atom. The number of benzene rings is 1. The topological polar surface area (TPSA) is 65.0 Å². The van der Waals surface area contributed by atoms with Crippen LogP contribution in [0.5, 0.6) is 11.5 Å². The van der Waals surface area contributed by atoms with Gasteiger partial charge in [-0.05, 0) is 44.5 Å². The van der Waals surface area contributed by atoms with Crippen molar-refractivity contribution in [2.75, 3.05) is 13.2 Å². The molecular formula is C16H21F3O5. The molecule has 0 aliphatic heterocycles. The third-order valence-electron chi connectivity index (χ3n) is 3.34. The Morgan fingerprint density at radius 2 is 1.67 bits per heavy atom. The van der Waals surface area contributed by atoms with Crippen LogP contribution in [-0.2, 0) is 9.53 Å². The highest BCUT2D eigenvalue weighted by atomic mass is 19.4. The van der Waals surface area contributed by atoms with Crippen molar-refractivity contribution >= 4 is 5.97 Å². The molecule has 0 spiro atoms. The van der Waals surface area contributed by atoms with Gasteiger partial charge in [-0.15, -0.1) is 13.2 Å². The van der Waals surface area contributed by atoms with E-state index in [9.17, 15) is 23.1 Å². The summed E-state index contributed by atoms with van der Waals surface area (Å²) in [6.07, 6.45) is -5.20. The van der Waals surface area contributed by atoms with Gasteiger partial charge in [-0.2, -0.15) is 0 Å². The van der Waals surface area contributed by atoms with Gasteiger partial charge in [-0.1, -0.05) is 6.92 Å². The molecule has 1 atom stereocenters. The van der Waals surface area contributed by atoms with Gasteiger partial charge in [0.2, 0.25) is 0 Å². The Bertz CT molecular complexity index is 526. The summed E-state index contributed by atoms with van der Waals surface area (Å²) in [6.45, 7) is 4.94. The Balaban J connectivity index is 2.39. The molecule has 0 bridgehead atoms. The van der Waals surface area contributed by atoms with Gasteiger partial charge >= 0.3 is 12.3 Å². The van der Waals surface area contributed by atoms with E-state index in [1.165, 1.54) is 12.1 Å². The summed E-state index contributed by atoms with van der Waals surface area (Å²) in [4.78, 5) is 11.7. The van der Waals surface area contributed by atoms with Crippen molar-refractivity contribution in [2.24, 2.45) is 5.41 Å². The molecule has 1 aromatic rings. The van der Waals surface area contributed by atoms with E-state index < -0.39 is 23.9 Å². The van der Waals surface area contributed by atoms with Crippen LogP contribution in [0.15, 0.2) is 24.3 Å². The van der Waals surface area contributed by atoms with Crippen LogP contribution in [0.1, 0.15) is 27.2 Å². The first kappa shape index (κ1) is 20.1.